The van der Waals surface area contributed by atoms with Crippen molar-refractivity contribution in [3.8, 4) is 0 Å². The molecule has 2 bridgehead atoms. The van der Waals surface area contributed by atoms with Gasteiger partial charge >= 0.3 is 0 Å². The number of ether oxygens (including phenoxy) is 2. The smallest absolute Gasteiger partial charge is 0.199 e. The van der Waals surface area contributed by atoms with Gasteiger partial charge in [0.1, 0.15) is 11.6 Å². The van der Waals surface area contributed by atoms with E-state index in [-0.39, 0.29) is 17.3 Å². The number of hydrazone groups is 1. The highest BCUT2D eigenvalue weighted by molar-refractivity contribution is 7.80. The monoisotopic (exact) mass is 318 g/mol. The maximum absolute atomic E-state index is 5.86. The minimum absolute atomic E-state index is 0.0296. The summed E-state index contributed by atoms with van der Waals surface area (Å²) in [5, 5.41) is 12.8. The number of para-hydroxylation sites is 1. The summed E-state index contributed by atoms with van der Waals surface area (Å²) in [5.74, 6) is 0. The molecule has 2 aliphatic rings. The van der Waals surface area contributed by atoms with Crippen molar-refractivity contribution >= 4 is 34.1 Å². The molecule has 0 spiro atoms. The van der Waals surface area contributed by atoms with Crippen molar-refractivity contribution in [2.45, 2.75) is 24.9 Å². The predicted molar refractivity (Wildman–Crippen MR) is 83.2 cm³/mol. The van der Waals surface area contributed by atoms with Crippen molar-refractivity contribution in [3.05, 3.63) is 24.3 Å². The van der Waals surface area contributed by atoms with Gasteiger partial charge in [0.25, 0.3) is 0 Å². The summed E-state index contributed by atoms with van der Waals surface area (Å²) < 4.78 is 13.4. The molecule has 0 radical (unpaired) electrons. The SMILES string of the molecule is NC(=S)N/N=C1/C[C@@H](n2nnc3ccccc32)[C@H]2CO[C@H]1O2. The number of nitrogens with one attached hydrogen (secondary N) is 1. The minimum atomic E-state index is -0.446. The number of nitrogens with zero attached hydrogens (tertiary/aromatic N) is 4. The van der Waals surface area contributed by atoms with E-state index in [1.807, 2.05) is 28.9 Å². The van der Waals surface area contributed by atoms with Gasteiger partial charge in [-0.1, -0.05) is 17.3 Å². The Morgan fingerprint density at radius 3 is 3.18 bits per heavy atom. The summed E-state index contributed by atoms with van der Waals surface area (Å²) in [4.78, 5) is 0. The fourth-order valence-electron chi connectivity index (χ4n) is 2.84. The van der Waals surface area contributed by atoms with Gasteiger partial charge < -0.3 is 15.2 Å². The third-order valence-electron chi connectivity index (χ3n) is 3.83. The van der Waals surface area contributed by atoms with Crippen molar-refractivity contribution < 1.29 is 9.47 Å². The number of hydrogen-bond donors (Lipinski definition) is 2. The normalized spacial score (nSPS) is 29.1. The molecule has 0 saturated carbocycles. The molecule has 3 atom stereocenters. The first-order chi connectivity index (χ1) is 10.7. The molecule has 3 N–H and O–H groups in total. The van der Waals surface area contributed by atoms with E-state index in [1.54, 1.807) is 0 Å². The number of aromatic nitrogens is 3. The average molecular weight is 318 g/mol. The Morgan fingerprint density at radius 1 is 1.45 bits per heavy atom. The lowest BCUT2D eigenvalue weighted by molar-refractivity contribution is -0.0317. The molecule has 2 saturated heterocycles. The van der Waals surface area contributed by atoms with Crippen LogP contribution in [-0.2, 0) is 9.47 Å². The van der Waals surface area contributed by atoms with Gasteiger partial charge in [0.15, 0.2) is 11.4 Å². The van der Waals surface area contributed by atoms with Crippen LogP contribution in [0.1, 0.15) is 12.5 Å². The molecule has 114 valence electrons. The van der Waals surface area contributed by atoms with Crippen molar-refractivity contribution in [3.63, 3.8) is 0 Å². The third-order valence-corrected chi connectivity index (χ3v) is 3.92. The zero-order chi connectivity index (χ0) is 15.1. The Labute approximate surface area is 131 Å². The number of benzene rings is 1. The quantitative estimate of drug-likeness (QED) is 0.607. The van der Waals surface area contributed by atoms with E-state index in [0.29, 0.717) is 18.7 Å². The fourth-order valence-corrected chi connectivity index (χ4v) is 2.88. The molecule has 8 nitrogen and oxygen atoms in total. The molecular weight excluding hydrogens is 304 g/mol. The van der Waals surface area contributed by atoms with E-state index in [0.717, 1.165) is 11.0 Å². The van der Waals surface area contributed by atoms with Gasteiger partial charge in [-0.2, -0.15) is 5.10 Å². The van der Waals surface area contributed by atoms with Crippen LogP contribution in [-0.4, -0.2) is 44.8 Å². The lowest BCUT2D eigenvalue weighted by atomic mass is 10.0. The third kappa shape index (κ3) is 2.23. The molecule has 1 aromatic heterocycles. The van der Waals surface area contributed by atoms with E-state index in [4.69, 9.17) is 27.4 Å². The van der Waals surface area contributed by atoms with Gasteiger partial charge in [-0.05, 0) is 24.4 Å². The van der Waals surface area contributed by atoms with Crippen LogP contribution >= 0.6 is 12.2 Å². The molecular formula is C13H14N6O2S. The van der Waals surface area contributed by atoms with E-state index in [2.05, 4.69) is 20.8 Å². The van der Waals surface area contributed by atoms with Crippen molar-refractivity contribution in [2.75, 3.05) is 6.61 Å². The zero-order valence-electron chi connectivity index (χ0n) is 11.5. The Bertz CT molecular complexity index is 760. The Balaban J connectivity index is 1.69. The molecule has 9 heteroatoms. The van der Waals surface area contributed by atoms with Crippen LogP contribution in [0.3, 0.4) is 0 Å². The predicted octanol–water partition coefficient (Wildman–Crippen LogP) is 0.307. The van der Waals surface area contributed by atoms with Crippen LogP contribution in [0.25, 0.3) is 11.0 Å². The molecule has 2 aromatic rings. The first-order valence-corrected chi connectivity index (χ1v) is 7.32. The van der Waals surface area contributed by atoms with Crippen LogP contribution in [0, 0.1) is 0 Å². The minimum Gasteiger partial charge on any atom is -0.375 e. The molecule has 2 aliphatic heterocycles. The first kappa shape index (κ1) is 13.6. The van der Waals surface area contributed by atoms with Crippen molar-refractivity contribution in [1.82, 2.24) is 20.4 Å². The lowest BCUT2D eigenvalue weighted by Gasteiger charge is -2.28. The summed E-state index contributed by atoms with van der Waals surface area (Å²) >= 11 is 4.77. The van der Waals surface area contributed by atoms with Crippen LogP contribution in [0.4, 0.5) is 0 Å². The summed E-state index contributed by atoms with van der Waals surface area (Å²) in [6.45, 7) is 0.496. The largest absolute Gasteiger partial charge is 0.375 e. The van der Waals surface area contributed by atoms with E-state index in [1.165, 1.54) is 0 Å². The standard InChI is InChI=1S/C13H14N6O2S/c14-13(22)17-15-8-5-10(11-6-20-12(8)21-11)19-9-4-2-1-3-7(9)16-18-19/h1-4,10-12H,5-6H2,(H3,14,17,22)/b15-8-/t10-,11-,12+/m1/s1. The topological polar surface area (TPSA) is 99.6 Å². The average Bonchev–Trinajstić information content (AvgIpc) is 3.12. The van der Waals surface area contributed by atoms with Crippen LogP contribution in [0.2, 0.25) is 0 Å². The van der Waals surface area contributed by atoms with E-state index >= 15 is 0 Å². The van der Waals surface area contributed by atoms with E-state index in [9.17, 15) is 0 Å². The number of nitrogens with two attached hydrogens (primary N) is 1. The summed E-state index contributed by atoms with van der Waals surface area (Å²) in [6.07, 6.45) is 0.120. The number of hydrogen-bond acceptors (Lipinski definition) is 6. The maximum atomic E-state index is 5.86. The van der Waals surface area contributed by atoms with Crippen LogP contribution < -0.4 is 11.2 Å². The highest BCUT2D eigenvalue weighted by atomic mass is 32.1. The Morgan fingerprint density at radius 2 is 2.32 bits per heavy atom. The zero-order valence-corrected chi connectivity index (χ0v) is 12.4. The second-order valence-electron chi connectivity index (χ2n) is 5.21. The highest BCUT2D eigenvalue weighted by Crippen LogP contribution is 2.34. The van der Waals surface area contributed by atoms with Gasteiger partial charge in [0, 0.05) is 6.42 Å². The second-order valence-corrected chi connectivity index (χ2v) is 5.65. The van der Waals surface area contributed by atoms with Crippen molar-refractivity contribution in [2.24, 2.45) is 10.8 Å². The molecule has 4 rings (SSSR count). The second kappa shape index (κ2) is 5.27. The first-order valence-electron chi connectivity index (χ1n) is 6.91. The van der Waals surface area contributed by atoms with Gasteiger partial charge in [-0.25, -0.2) is 4.68 Å². The Kier molecular flexibility index (Phi) is 3.25. The molecule has 3 heterocycles. The molecule has 2 fully saturated rings. The molecule has 1 aromatic carbocycles. The van der Waals surface area contributed by atoms with E-state index < -0.39 is 6.29 Å². The van der Waals surface area contributed by atoms with Gasteiger partial charge in [0.2, 0.25) is 0 Å². The van der Waals surface area contributed by atoms with Crippen LogP contribution in [0.15, 0.2) is 29.4 Å². The van der Waals surface area contributed by atoms with Gasteiger partial charge in [-0.15, -0.1) is 5.10 Å². The summed E-state index contributed by atoms with van der Waals surface area (Å²) in [5.41, 5.74) is 10.5. The van der Waals surface area contributed by atoms with Crippen molar-refractivity contribution in [1.29, 1.82) is 0 Å². The molecule has 22 heavy (non-hydrogen) atoms. The fraction of sp³-hybridized carbons (Fsp3) is 0.385. The van der Waals surface area contributed by atoms with Crippen LogP contribution in [0.5, 0.6) is 0 Å². The molecule has 0 aliphatic carbocycles. The van der Waals surface area contributed by atoms with Gasteiger partial charge in [-0.3, -0.25) is 5.43 Å². The molecule has 0 amide bonds. The lowest BCUT2D eigenvalue weighted by Crippen LogP contribution is -2.39. The summed E-state index contributed by atoms with van der Waals surface area (Å²) in [6, 6.07) is 7.79. The molecule has 0 unspecified atom stereocenters. The Hall–Kier alpha value is -2.10. The van der Waals surface area contributed by atoms with Gasteiger partial charge in [0.05, 0.1) is 23.9 Å². The maximum Gasteiger partial charge on any atom is 0.199 e. The number of thiocarbonyl (C=S) groups is 1. The summed E-state index contributed by atoms with van der Waals surface area (Å²) in [7, 11) is 0. The highest BCUT2D eigenvalue weighted by Gasteiger charge is 2.43. The number of fused-ring (bicyclic) bond motifs is 3. The number of rotatable bonds is 2.